The van der Waals surface area contributed by atoms with Crippen LogP contribution in [-0.2, 0) is 5.41 Å². The van der Waals surface area contributed by atoms with Gasteiger partial charge >= 0.3 is 0 Å². The van der Waals surface area contributed by atoms with E-state index in [0.29, 0.717) is 0 Å². The van der Waals surface area contributed by atoms with Crippen molar-refractivity contribution in [1.29, 1.82) is 0 Å². The van der Waals surface area contributed by atoms with Crippen LogP contribution < -0.4 is 5.32 Å². The van der Waals surface area contributed by atoms with Gasteiger partial charge in [0.2, 0.25) is 0 Å². The molecule has 0 bridgehead atoms. The summed E-state index contributed by atoms with van der Waals surface area (Å²) in [5, 5.41) is 13.8. The zero-order valence-electron chi connectivity index (χ0n) is 10.1. The lowest BCUT2D eigenvalue weighted by molar-refractivity contribution is 0.0678. The van der Waals surface area contributed by atoms with Gasteiger partial charge in [0.15, 0.2) is 0 Å². The largest absolute Gasteiger partial charge is 0.391 e. The van der Waals surface area contributed by atoms with Gasteiger partial charge in [-0.15, -0.1) is 0 Å². The third-order valence-electron chi connectivity index (χ3n) is 3.74. The Labute approximate surface area is 97.7 Å². The second-order valence-electron chi connectivity index (χ2n) is 5.24. The third-order valence-corrected chi connectivity index (χ3v) is 3.74. The molecule has 2 heteroatoms. The molecular formula is C14H21NO. The van der Waals surface area contributed by atoms with Crippen molar-refractivity contribution in [2.75, 3.05) is 6.54 Å². The molecule has 2 N–H and O–H groups in total. The molecular weight excluding hydrogens is 198 g/mol. The summed E-state index contributed by atoms with van der Waals surface area (Å²) in [4.78, 5) is 0. The molecule has 0 saturated carbocycles. The first-order chi connectivity index (χ1) is 7.62. The van der Waals surface area contributed by atoms with Gasteiger partial charge in [0.05, 0.1) is 6.10 Å². The molecule has 1 heterocycles. The average molecular weight is 219 g/mol. The molecule has 0 aliphatic carbocycles. The molecule has 2 atom stereocenters. The fourth-order valence-corrected chi connectivity index (χ4v) is 2.52. The highest BCUT2D eigenvalue weighted by molar-refractivity contribution is 5.25. The van der Waals surface area contributed by atoms with Crippen LogP contribution in [-0.4, -0.2) is 23.8 Å². The van der Waals surface area contributed by atoms with E-state index in [-0.39, 0.29) is 17.6 Å². The molecule has 0 spiro atoms. The molecule has 0 aromatic heterocycles. The van der Waals surface area contributed by atoms with E-state index < -0.39 is 0 Å². The number of hydrogen-bond acceptors (Lipinski definition) is 2. The van der Waals surface area contributed by atoms with Crippen molar-refractivity contribution in [2.24, 2.45) is 0 Å². The van der Waals surface area contributed by atoms with Crippen molar-refractivity contribution in [1.82, 2.24) is 5.32 Å². The SMILES string of the molecule is CC(C)(c1ccccc1)[C@@H](O)[C@@H]1CCCN1. The predicted molar refractivity (Wildman–Crippen MR) is 66.5 cm³/mol. The molecule has 2 rings (SSSR count). The van der Waals surface area contributed by atoms with E-state index in [2.05, 4.69) is 31.3 Å². The van der Waals surface area contributed by atoms with Crippen molar-refractivity contribution in [3.05, 3.63) is 35.9 Å². The van der Waals surface area contributed by atoms with Gasteiger partial charge in [-0.1, -0.05) is 44.2 Å². The lowest BCUT2D eigenvalue weighted by atomic mass is 9.76. The normalized spacial score (nSPS) is 23.3. The van der Waals surface area contributed by atoms with E-state index in [9.17, 15) is 5.11 Å². The number of aliphatic hydroxyl groups is 1. The number of benzene rings is 1. The lowest BCUT2D eigenvalue weighted by Gasteiger charge is -2.35. The molecule has 88 valence electrons. The molecule has 1 fully saturated rings. The lowest BCUT2D eigenvalue weighted by Crippen LogP contribution is -2.46. The van der Waals surface area contributed by atoms with Crippen molar-refractivity contribution < 1.29 is 5.11 Å². The maximum Gasteiger partial charge on any atom is 0.0784 e. The van der Waals surface area contributed by atoms with Gasteiger partial charge in [-0.25, -0.2) is 0 Å². The van der Waals surface area contributed by atoms with E-state index in [1.807, 2.05) is 18.2 Å². The number of rotatable bonds is 3. The molecule has 16 heavy (non-hydrogen) atoms. The molecule has 1 aromatic rings. The highest BCUT2D eigenvalue weighted by Crippen LogP contribution is 2.30. The van der Waals surface area contributed by atoms with E-state index in [0.717, 1.165) is 13.0 Å². The van der Waals surface area contributed by atoms with Gasteiger partial charge in [0.1, 0.15) is 0 Å². The number of hydrogen-bond donors (Lipinski definition) is 2. The Bertz CT molecular complexity index is 328. The fraction of sp³-hybridized carbons (Fsp3) is 0.571. The summed E-state index contributed by atoms with van der Waals surface area (Å²) in [6, 6.07) is 10.5. The molecule has 1 aliphatic rings. The van der Waals surface area contributed by atoms with Crippen LogP contribution in [0, 0.1) is 0 Å². The van der Waals surface area contributed by atoms with Crippen LogP contribution in [0.1, 0.15) is 32.3 Å². The second-order valence-corrected chi connectivity index (χ2v) is 5.24. The molecule has 0 amide bonds. The van der Waals surface area contributed by atoms with Gasteiger partial charge in [0.25, 0.3) is 0 Å². The third kappa shape index (κ3) is 2.13. The Morgan fingerprint density at radius 3 is 2.56 bits per heavy atom. The quantitative estimate of drug-likeness (QED) is 0.815. The summed E-state index contributed by atoms with van der Waals surface area (Å²) in [5.74, 6) is 0. The van der Waals surface area contributed by atoms with Crippen molar-refractivity contribution in [3.63, 3.8) is 0 Å². The Hall–Kier alpha value is -0.860. The van der Waals surface area contributed by atoms with Gasteiger partial charge < -0.3 is 10.4 Å². The predicted octanol–water partition coefficient (Wildman–Crippen LogP) is 2.08. The average Bonchev–Trinajstić information content (AvgIpc) is 2.82. The molecule has 1 aliphatic heterocycles. The van der Waals surface area contributed by atoms with E-state index in [1.54, 1.807) is 0 Å². The summed E-state index contributed by atoms with van der Waals surface area (Å²) in [7, 11) is 0. The monoisotopic (exact) mass is 219 g/mol. The Morgan fingerprint density at radius 1 is 1.31 bits per heavy atom. The molecule has 1 aromatic carbocycles. The Kier molecular flexibility index (Phi) is 3.31. The number of aliphatic hydroxyl groups excluding tert-OH is 1. The maximum atomic E-state index is 10.5. The van der Waals surface area contributed by atoms with E-state index >= 15 is 0 Å². The maximum absolute atomic E-state index is 10.5. The fourth-order valence-electron chi connectivity index (χ4n) is 2.52. The van der Waals surface area contributed by atoms with Gasteiger partial charge in [-0.3, -0.25) is 0 Å². The Morgan fingerprint density at radius 2 is 2.00 bits per heavy atom. The topological polar surface area (TPSA) is 32.3 Å². The number of nitrogens with one attached hydrogen (secondary N) is 1. The highest BCUT2D eigenvalue weighted by Gasteiger charge is 2.36. The minimum Gasteiger partial charge on any atom is -0.391 e. The standard InChI is InChI=1S/C14H21NO/c1-14(2,11-7-4-3-5-8-11)13(16)12-9-6-10-15-12/h3-5,7-8,12-13,15-16H,6,9-10H2,1-2H3/t12-,13-/m0/s1. The van der Waals surface area contributed by atoms with Crippen molar-refractivity contribution in [2.45, 2.75) is 44.2 Å². The summed E-state index contributed by atoms with van der Waals surface area (Å²) in [6.07, 6.45) is 1.93. The van der Waals surface area contributed by atoms with Gasteiger partial charge in [-0.2, -0.15) is 0 Å². The first-order valence-corrected chi connectivity index (χ1v) is 6.09. The summed E-state index contributed by atoms with van der Waals surface area (Å²) in [5.41, 5.74) is 1.01. The van der Waals surface area contributed by atoms with Crippen LogP contribution in [0.3, 0.4) is 0 Å². The van der Waals surface area contributed by atoms with Crippen LogP contribution >= 0.6 is 0 Å². The van der Waals surface area contributed by atoms with E-state index in [1.165, 1.54) is 12.0 Å². The smallest absolute Gasteiger partial charge is 0.0784 e. The van der Waals surface area contributed by atoms with Crippen LogP contribution in [0.2, 0.25) is 0 Å². The molecule has 0 unspecified atom stereocenters. The first-order valence-electron chi connectivity index (χ1n) is 6.09. The van der Waals surface area contributed by atoms with Gasteiger partial charge in [0, 0.05) is 11.5 Å². The second kappa shape index (κ2) is 4.56. The van der Waals surface area contributed by atoms with Crippen LogP contribution in [0.15, 0.2) is 30.3 Å². The minimum absolute atomic E-state index is 0.191. The summed E-state index contributed by atoms with van der Waals surface area (Å²) in [6.45, 7) is 5.27. The molecule has 1 saturated heterocycles. The van der Waals surface area contributed by atoms with Gasteiger partial charge in [-0.05, 0) is 24.9 Å². The Balaban J connectivity index is 2.17. The summed E-state index contributed by atoms with van der Waals surface area (Å²) >= 11 is 0. The zero-order valence-corrected chi connectivity index (χ0v) is 10.1. The van der Waals surface area contributed by atoms with Crippen molar-refractivity contribution in [3.8, 4) is 0 Å². The van der Waals surface area contributed by atoms with Crippen molar-refractivity contribution >= 4 is 0 Å². The minimum atomic E-state index is -0.322. The highest BCUT2D eigenvalue weighted by atomic mass is 16.3. The summed E-state index contributed by atoms with van der Waals surface area (Å²) < 4.78 is 0. The first kappa shape index (κ1) is 11.6. The van der Waals surface area contributed by atoms with Crippen LogP contribution in [0.25, 0.3) is 0 Å². The van der Waals surface area contributed by atoms with Crippen LogP contribution in [0.5, 0.6) is 0 Å². The zero-order chi connectivity index (χ0) is 11.6. The van der Waals surface area contributed by atoms with E-state index in [4.69, 9.17) is 0 Å². The molecule has 2 nitrogen and oxygen atoms in total. The van der Waals surface area contributed by atoms with Crippen LogP contribution in [0.4, 0.5) is 0 Å². The molecule has 0 radical (unpaired) electrons.